The lowest BCUT2D eigenvalue weighted by molar-refractivity contribution is -0.115. The van der Waals surface area contributed by atoms with Crippen LogP contribution in [0.3, 0.4) is 0 Å². The van der Waals surface area contributed by atoms with Crippen molar-refractivity contribution in [3.63, 3.8) is 0 Å². The van der Waals surface area contributed by atoms with E-state index < -0.39 is 5.97 Å². The largest absolute Gasteiger partial charge is 0.478 e. The molecule has 4 rings (SSSR count). The summed E-state index contributed by atoms with van der Waals surface area (Å²) in [5, 5.41) is 15.4. The summed E-state index contributed by atoms with van der Waals surface area (Å²) in [6.07, 6.45) is 11.8. The van der Waals surface area contributed by atoms with Crippen LogP contribution in [-0.4, -0.2) is 22.0 Å². The number of thiazole rings is 1. The van der Waals surface area contributed by atoms with Crippen molar-refractivity contribution in [2.45, 2.75) is 50.9 Å². The van der Waals surface area contributed by atoms with Crippen LogP contribution in [0.2, 0.25) is 0 Å². The van der Waals surface area contributed by atoms with Crippen LogP contribution in [0.25, 0.3) is 12.2 Å². The van der Waals surface area contributed by atoms with Crippen LogP contribution in [0.15, 0.2) is 53.9 Å². The summed E-state index contributed by atoms with van der Waals surface area (Å²) in [5.41, 5.74) is 3.50. The van der Waals surface area contributed by atoms with E-state index in [2.05, 4.69) is 10.7 Å². The first-order valence-electron chi connectivity index (χ1n) is 11.4. The van der Waals surface area contributed by atoms with Gasteiger partial charge < -0.3 is 10.4 Å². The maximum absolute atomic E-state index is 12.5. The van der Waals surface area contributed by atoms with Crippen molar-refractivity contribution in [2.75, 3.05) is 5.32 Å². The molecular weight excluding hydrogens is 432 g/mol. The molecule has 1 heterocycles. The summed E-state index contributed by atoms with van der Waals surface area (Å²) in [5.74, 6) is -0.691. The number of carboxylic acids is 1. The average molecular weight is 461 g/mol. The van der Waals surface area contributed by atoms with Gasteiger partial charge in [0.1, 0.15) is 5.01 Å². The Labute approximate surface area is 198 Å². The molecule has 0 aliphatic heterocycles. The maximum atomic E-state index is 12.5. The number of aromatic nitrogens is 1. The average Bonchev–Trinajstić information content (AvgIpc) is 3.11. The van der Waals surface area contributed by atoms with Gasteiger partial charge in [-0.05, 0) is 48.2 Å². The number of aromatic carboxylic acids is 1. The Morgan fingerprint density at radius 1 is 1.03 bits per heavy atom. The molecule has 5 nitrogen and oxygen atoms in total. The molecule has 1 amide bonds. The van der Waals surface area contributed by atoms with Crippen molar-refractivity contribution in [1.29, 1.82) is 0 Å². The molecule has 3 aromatic rings. The Kier molecular flexibility index (Phi) is 7.68. The molecule has 1 aromatic heterocycles. The second-order valence-electron chi connectivity index (χ2n) is 8.45. The van der Waals surface area contributed by atoms with E-state index in [0.717, 1.165) is 10.6 Å². The molecule has 1 fully saturated rings. The standard InChI is InChI=1S/C27H28N2O3S/c30-25(17-21-11-5-6-13-23(21)27(31)32)28-22-12-7-8-19(16-22)14-15-26-29-24(18-33-26)20-9-3-1-2-4-10-20/h5-8,11-16,18,20H,1-4,9-10,17H2,(H,28,30)(H,31,32). The number of benzene rings is 2. The number of nitrogens with zero attached hydrogens (tertiary/aromatic N) is 1. The number of hydrogen-bond donors (Lipinski definition) is 2. The van der Waals surface area contributed by atoms with Gasteiger partial charge in [-0.25, -0.2) is 9.78 Å². The van der Waals surface area contributed by atoms with Crippen LogP contribution in [0, 0.1) is 0 Å². The number of carbonyl (C=O) groups is 2. The van der Waals surface area contributed by atoms with Crippen molar-refractivity contribution in [3.8, 4) is 0 Å². The minimum atomic E-state index is -1.03. The van der Waals surface area contributed by atoms with Gasteiger partial charge in [-0.3, -0.25) is 4.79 Å². The quantitative estimate of drug-likeness (QED) is 0.388. The second-order valence-corrected chi connectivity index (χ2v) is 9.33. The van der Waals surface area contributed by atoms with E-state index in [0.29, 0.717) is 17.2 Å². The lowest BCUT2D eigenvalue weighted by Gasteiger charge is -2.09. The Balaban J connectivity index is 1.38. The molecule has 0 bridgehead atoms. The van der Waals surface area contributed by atoms with Crippen LogP contribution in [0.4, 0.5) is 5.69 Å². The number of anilines is 1. The van der Waals surface area contributed by atoms with Gasteiger partial charge in [0, 0.05) is 17.0 Å². The van der Waals surface area contributed by atoms with E-state index in [1.54, 1.807) is 29.5 Å². The molecular formula is C27H28N2O3S. The van der Waals surface area contributed by atoms with Crippen LogP contribution in [-0.2, 0) is 11.2 Å². The number of rotatable bonds is 7. The van der Waals surface area contributed by atoms with E-state index >= 15 is 0 Å². The topological polar surface area (TPSA) is 79.3 Å². The predicted octanol–water partition coefficient (Wildman–Crippen LogP) is 6.63. The van der Waals surface area contributed by atoms with Gasteiger partial charge >= 0.3 is 5.97 Å². The highest BCUT2D eigenvalue weighted by molar-refractivity contribution is 7.10. The summed E-state index contributed by atoms with van der Waals surface area (Å²) in [4.78, 5) is 28.7. The zero-order chi connectivity index (χ0) is 23.0. The van der Waals surface area contributed by atoms with Crippen molar-refractivity contribution in [3.05, 3.63) is 81.3 Å². The van der Waals surface area contributed by atoms with Gasteiger partial charge in [0.25, 0.3) is 0 Å². The number of carbonyl (C=O) groups excluding carboxylic acids is 1. The smallest absolute Gasteiger partial charge is 0.335 e. The van der Waals surface area contributed by atoms with Crippen molar-refractivity contribution in [1.82, 2.24) is 4.98 Å². The van der Waals surface area contributed by atoms with E-state index in [9.17, 15) is 14.7 Å². The van der Waals surface area contributed by atoms with Crippen LogP contribution in [0.5, 0.6) is 0 Å². The normalized spacial score (nSPS) is 14.8. The van der Waals surface area contributed by atoms with Crippen LogP contribution in [0.1, 0.15) is 76.6 Å². The number of amides is 1. The van der Waals surface area contributed by atoms with Crippen molar-refractivity contribution in [2.24, 2.45) is 0 Å². The highest BCUT2D eigenvalue weighted by Crippen LogP contribution is 2.32. The van der Waals surface area contributed by atoms with Gasteiger partial charge in [0.05, 0.1) is 17.7 Å². The SMILES string of the molecule is O=C(Cc1ccccc1C(=O)O)Nc1cccc(C=Cc2nc(C3CCCCCC3)cs2)c1. The molecule has 2 N–H and O–H groups in total. The fraction of sp³-hybridized carbons (Fsp3) is 0.296. The van der Waals surface area contributed by atoms with E-state index in [4.69, 9.17) is 4.98 Å². The fourth-order valence-corrected chi connectivity index (χ4v) is 5.08. The summed E-state index contributed by atoms with van der Waals surface area (Å²) in [7, 11) is 0. The number of nitrogens with one attached hydrogen (secondary N) is 1. The lowest BCUT2D eigenvalue weighted by Crippen LogP contribution is -2.16. The Hall–Kier alpha value is -3.25. The monoisotopic (exact) mass is 460 g/mol. The third-order valence-electron chi connectivity index (χ3n) is 6.00. The molecule has 6 heteroatoms. The van der Waals surface area contributed by atoms with Crippen molar-refractivity contribution < 1.29 is 14.7 Å². The Morgan fingerprint density at radius 2 is 1.82 bits per heavy atom. The highest BCUT2D eigenvalue weighted by Gasteiger charge is 2.17. The second kappa shape index (κ2) is 11.1. The summed E-state index contributed by atoms with van der Waals surface area (Å²) < 4.78 is 0. The lowest BCUT2D eigenvalue weighted by atomic mass is 9.98. The zero-order valence-electron chi connectivity index (χ0n) is 18.5. The molecule has 0 atom stereocenters. The molecule has 1 aliphatic rings. The molecule has 0 spiro atoms. The van der Waals surface area contributed by atoms with E-state index in [1.807, 2.05) is 36.4 Å². The third-order valence-corrected chi connectivity index (χ3v) is 6.83. The molecule has 2 aromatic carbocycles. The third kappa shape index (κ3) is 6.39. The number of carboxylic acid groups (broad SMARTS) is 1. The Morgan fingerprint density at radius 3 is 2.61 bits per heavy atom. The summed E-state index contributed by atoms with van der Waals surface area (Å²) >= 11 is 1.67. The predicted molar refractivity (Wildman–Crippen MR) is 134 cm³/mol. The van der Waals surface area contributed by atoms with Gasteiger partial charge in [0.2, 0.25) is 5.91 Å². The van der Waals surface area contributed by atoms with E-state index in [1.165, 1.54) is 50.3 Å². The van der Waals surface area contributed by atoms with Crippen LogP contribution >= 0.6 is 11.3 Å². The zero-order valence-corrected chi connectivity index (χ0v) is 19.3. The molecule has 1 saturated carbocycles. The van der Waals surface area contributed by atoms with Crippen molar-refractivity contribution >= 4 is 41.1 Å². The molecule has 1 aliphatic carbocycles. The minimum absolute atomic E-state index is 0.00555. The first-order valence-corrected chi connectivity index (χ1v) is 12.3. The molecule has 0 unspecified atom stereocenters. The minimum Gasteiger partial charge on any atom is -0.478 e. The fourth-order valence-electron chi connectivity index (χ4n) is 4.29. The first kappa shape index (κ1) is 22.9. The van der Waals surface area contributed by atoms with Gasteiger partial charge in [0.15, 0.2) is 0 Å². The molecule has 0 saturated heterocycles. The first-order chi connectivity index (χ1) is 16.1. The summed E-state index contributed by atoms with van der Waals surface area (Å²) in [6.45, 7) is 0. The molecule has 0 radical (unpaired) electrons. The Bertz CT molecular complexity index is 1140. The number of hydrogen-bond acceptors (Lipinski definition) is 4. The van der Waals surface area contributed by atoms with Crippen LogP contribution < -0.4 is 5.32 Å². The van der Waals surface area contributed by atoms with Gasteiger partial charge in [-0.2, -0.15) is 0 Å². The van der Waals surface area contributed by atoms with E-state index in [-0.39, 0.29) is 17.9 Å². The van der Waals surface area contributed by atoms with Gasteiger partial charge in [-0.15, -0.1) is 11.3 Å². The maximum Gasteiger partial charge on any atom is 0.335 e. The summed E-state index contributed by atoms with van der Waals surface area (Å²) in [6, 6.07) is 14.2. The molecule has 170 valence electrons. The molecule has 33 heavy (non-hydrogen) atoms. The van der Waals surface area contributed by atoms with Gasteiger partial charge in [-0.1, -0.05) is 62.1 Å². The highest BCUT2D eigenvalue weighted by atomic mass is 32.1.